The molecule has 16 heavy (non-hydrogen) atoms. The lowest BCUT2D eigenvalue weighted by Crippen LogP contribution is -1.72. The summed E-state index contributed by atoms with van der Waals surface area (Å²) in [6.07, 6.45) is 0. The monoisotopic (exact) mass is 216 g/mol. The Kier molecular flexibility index (Phi) is 2.31. The Balaban J connectivity index is 2.22. The summed E-state index contributed by atoms with van der Waals surface area (Å²) in [6, 6.07) is 3.31. The van der Waals surface area contributed by atoms with Crippen LogP contribution in [-0.2, 0) is 0 Å². The van der Waals surface area contributed by atoms with Crippen molar-refractivity contribution in [3.05, 3.63) is 11.6 Å². The quantitative estimate of drug-likeness (QED) is 0.662. The molecule has 10 nitrogen and oxygen atoms in total. The third-order valence-electron chi connectivity index (χ3n) is 1.32. The first-order chi connectivity index (χ1) is 7.83. The van der Waals surface area contributed by atoms with Gasteiger partial charge in [-0.15, -0.1) is 10.2 Å². The molecule has 2 rings (SSSR count). The molecule has 2 aromatic rings. The summed E-state index contributed by atoms with van der Waals surface area (Å²) >= 11 is 0. The van der Waals surface area contributed by atoms with Gasteiger partial charge in [-0.25, -0.2) is 4.63 Å². The fourth-order valence-corrected chi connectivity index (χ4v) is 0.714. The molecule has 0 aliphatic rings. The minimum atomic E-state index is -0.243. The van der Waals surface area contributed by atoms with Crippen LogP contribution in [0.3, 0.4) is 0 Å². The third-order valence-corrected chi connectivity index (χ3v) is 1.32. The van der Waals surface area contributed by atoms with Crippen molar-refractivity contribution in [2.75, 3.05) is 0 Å². The largest absolute Gasteiger partial charge is 0.330 e. The molecular formula is C6N8O2. The van der Waals surface area contributed by atoms with Crippen molar-refractivity contribution in [1.82, 2.24) is 20.5 Å². The number of nitriles is 2. The average molecular weight is 216 g/mol. The minimum Gasteiger partial charge on any atom is -0.321 e. The fraction of sp³-hybridized carbons (Fsp3) is 0. The van der Waals surface area contributed by atoms with E-state index in [4.69, 9.17) is 10.5 Å². The molecule has 76 valence electrons. The Morgan fingerprint density at radius 1 is 1.06 bits per heavy atom. The van der Waals surface area contributed by atoms with E-state index in [1.807, 2.05) is 0 Å². The van der Waals surface area contributed by atoms with E-state index < -0.39 is 0 Å². The molecule has 0 amide bonds. The van der Waals surface area contributed by atoms with Gasteiger partial charge in [0.15, 0.2) is 6.07 Å². The first-order valence-corrected chi connectivity index (χ1v) is 3.71. The van der Waals surface area contributed by atoms with Crippen LogP contribution < -0.4 is 0 Å². The van der Waals surface area contributed by atoms with Crippen LogP contribution in [0.15, 0.2) is 19.4 Å². The van der Waals surface area contributed by atoms with Crippen LogP contribution in [0.5, 0.6) is 0 Å². The van der Waals surface area contributed by atoms with Crippen molar-refractivity contribution in [3.8, 4) is 12.1 Å². The molecule has 0 saturated carbocycles. The van der Waals surface area contributed by atoms with Gasteiger partial charge in [0, 0.05) is 0 Å². The van der Waals surface area contributed by atoms with Gasteiger partial charge in [0.2, 0.25) is 5.69 Å². The summed E-state index contributed by atoms with van der Waals surface area (Å²) in [5, 5.41) is 33.8. The van der Waals surface area contributed by atoms with Gasteiger partial charge in [0.1, 0.15) is 6.07 Å². The van der Waals surface area contributed by atoms with Gasteiger partial charge >= 0.3 is 11.8 Å². The van der Waals surface area contributed by atoms with Gasteiger partial charge in [-0.1, -0.05) is 0 Å². The van der Waals surface area contributed by atoms with Gasteiger partial charge < -0.3 is 4.52 Å². The van der Waals surface area contributed by atoms with E-state index in [0.29, 0.717) is 0 Å². The van der Waals surface area contributed by atoms with Gasteiger partial charge in [-0.05, 0) is 15.5 Å². The predicted octanol–water partition coefficient (Wildman–Crippen LogP) is 0.611. The molecule has 0 N–H and O–H groups in total. The predicted molar refractivity (Wildman–Crippen MR) is 42.2 cm³/mol. The Labute approximate surface area is 86.8 Å². The van der Waals surface area contributed by atoms with Crippen molar-refractivity contribution in [3.63, 3.8) is 0 Å². The topological polar surface area (TPSA) is 150 Å². The lowest BCUT2D eigenvalue weighted by Gasteiger charge is -1.77. The van der Waals surface area contributed by atoms with Crippen molar-refractivity contribution in [2.45, 2.75) is 0 Å². The lowest BCUT2D eigenvalue weighted by atomic mass is 10.5. The summed E-state index contributed by atoms with van der Waals surface area (Å²) in [6.45, 7) is 0. The molecule has 0 radical (unpaired) electrons. The summed E-state index contributed by atoms with van der Waals surface area (Å²) in [7, 11) is 0. The van der Waals surface area contributed by atoms with E-state index in [2.05, 4.69) is 39.8 Å². The van der Waals surface area contributed by atoms with Crippen LogP contribution in [0.4, 0.5) is 11.8 Å². The number of aromatic nitrogens is 4. The second-order valence-corrected chi connectivity index (χ2v) is 2.26. The van der Waals surface area contributed by atoms with Gasteiger partial charge in [0.05, 0.1) is 0 Å². The summed E-state index contributed by atoms with van der Waals surface area (Å²) in [5.41, 5.74) is -0.118. The first-order valence-electron chi connectivity index (χ1n) is 3.71. The molecule has 0 aliphatic carbocycles. The fourth-order valence-electron chi connectivity index (χ4n) is 0.714. The van der Waals surface area contributed by atoms with Crippen LogP contribution in [0.1, 0.15) is 11.6 Å². The van der Waals surface area contributed by atoms with E-state index in [1.165, 1.54) is 0 Å². The van der Waals surface area contributed by atoms with Crippen LogP contribution >= 0.6 is 0 Å². The molecular weight excluding hydrogens is 216 g/mol. The maximum Gasteiger partial charge on any atom is 0.330 e. The molecule has 0 unspecified atom stereocenters. The van der Waals surface area contributed by atoms with Gasteiger partial charge in [0.25, 0.3) is 5.82 Å². The molecule has 0 fully saturated rings. The molecule has 0 bridgehead atoms. The SMILES string of the molecule is N#Cc1nc(N=Nc2nonc2C#N)no1. The Morgan fingerprint density at radius 2 is 1.94 bits per heavy atom. The zero-order valence-electron chi connectivity index (χ0n) is 7.39. The molecule has 0 saturated heterocycles. The first kappa shape index (κ1) is 9.42. The van der Waals surface area contributed by atoms with Crippen molar-refractivity contribution in [1.29, 1.82) is 10.5 Å². The van der Waals surface area contributed by atoms with Crippen molar-refractivity contribution < 1.29 is 9.15 Å². The highest BCUT2D eigenvalue weighted by molar-refractivity contribution is 5.39. The Bertz CT molecular complexity index is 611. The molecule has 0 spiro atoms. The maximum absolute atomic E-state index is 8.54. The van der Waals surface area contributed by atoms with E-state index in [0.717, 1.165) is 0 Å². The minimum absolute atomic E-state index is 0.106. The molecule has 0 aromatic carbocycles. The second kappa shape index (κ2) is 3.93. The highest BCUT2D eigenvalue weighted by Gasteiger charge is 2.09. The van der Waals surface area contributed by atoms with E-state index in [-0.39, 0.29) is 23.4 Å². The van der Waals surface area contributed by atoms with E-state index >= 15 is 0 Å². The summed E-state index contributed by atoms with van der Waals surface area (Å²) in [4.78, 5) is 3.52. The zero-order valence-corrected chi connectivity index (χ0v) is 7.39. The zero-order chi connectivity index (χ0) is 11.4. The summed E-state index contributed by atoms with van der Waals surface area (Å²) < 4.78 is 8.70. The highest BCUT2D eigenvalue weighted by Crippen LogP contribution is 2.15. The maximum atomic E-state index is 8.54. The summed E-state index contributed by atoms with van der Waals surface area (Å²) in [5.74, 6) is -0.512. The third kappa shape index (κ3) is 1.71. The van der Waals surface area contributed by atoms with Gasteiger partial charge in [-0.2, -0.15) is 15.5 Å². The smallest absolute Gasteiger partial charge is 0.321 e. The molecule has 0 atom stereocenters. The molecule has 2 heterocycles. The van der Waals surface area contributed by atoms with Crippen LogP contribution in [-0.4, -0.2) is 20.5 Å². The number of rotatable bonds is 2. The lowest BCUT2D eigenvalue weighted by molar-refractivity contribution is 0.307. The molecule has 10 heteroatoms. The second-order valence-electron chi connectivity index (χ2n) is 2.26. The number of azo groups is 1. The number of nitrogens with zero attached hydrogens (tertiary/aromatic N) is 8. The Morgan fingerprint density at radius 3 is 2.62 bits per heavy atom. The standard InChI is InChI=1S/C6N8O2/c7-1-3-5(13-16-12-3)10-11-6-9-4(2-8)15-14-6. The molecule has 0 aliphatic heterocycles. The normalized spacial score (nSPS) is 10.1. The highest BCUT2D eigenvalue weighted by atomic mass is 16.6. The van der Waals surface area contributed by atoms with Crippen molar-refractivity contribution in [2.24, 2.45) is 10.2 Å². The average Bonchev–Trinajstić information content (AvgIpc) is 2.94. The number of hydrogen-bond donors (Lipinski definition) is 0. The van der Waals surface area contributed by atoms with E-state index in [1.54, 1.807) is 12.1 Å². The van der Waals surface area contributed by atoms with E-state index in [9.17, 15) is 0 Å². The van der Waals surface area contributed by atoms with Crippen LogP contribution in [0.2, 0.25) is 0 Å². The Hall–Kier alpha value is -3.14. The molecule has 2 aromatic heterocycles. The van der Waals surface area contributed by atoms with Gasteiger partial charge in [-0.3, -0.25) is 0 Å². The van der Waals surface area contributed by atoms with Crippen LogP contribution in [0.25, 0.3) is 0 Å². The van der Waals surface area contributed by atoms with Crippen molar-refractivity contribution >= 4 is 11.8 Å². The van der Waals surface area contributed by atoms with Crippen LogP contribution in [0, 0.1) is 22.7 Å². The number of hydrogen-bond acceptors (Lipinski definition) is 10.